The highest BCUT2D eigenvalue weighted by atomic mass is 32.2. The van der Waals surface area contributed by atoms with Crippen molar-refractivity contribution in [1.82, 2.24) is 18.4 Å². The number of hydrogen-bond acceptors (Lipinski definition) is 3. The molecular formula is C15H26N4O2S. The second-order valence-corrected chi connectivity index (χ2v) is 9.18. The van der Waals surface area contributed by atoms with Crippen LogP contribution in [0.1, 0.15) is 44.6 Å². The van der Waals surface area contributed by atoms with Crippen LogP contribution in [0.3, 0.4) is 0 Å². The van der Waals surface area contributed by atoms with Crippen molar-refractivity contribution in [1.29, 1.82) is 0 Å². The van der Waals surface area contributed by atoms with Gasteiger partial charge in [-0.05, 0) is 23.8 Å². The Hall–Kier alpha value is -0.920. The lowest BCUT2D eigenvalue weighted by molar-refractivity contribution is 0.303. The van der Waals surface area contributed by atoms with Crippen molar-refractivity contribution in [3.05, 3.63) is 18.0 Å². The minimum absolute atomic E-state index is 0.0775. The lowest BCUT2D eigenvalue weighted by Gasteiger charge is -2.30. The standard InChI is InChI=1S/C15H26N4O2S/c1-15(2)12-19(11-14(15)13-9-16-17(3)10-13)22(20,21)18-7-5-4-6-8-18/h9-10,14H,4-8,11-12H2,1-3H3/t14-/m1/s1. The van der Waals surface area contributed by atoms with E-state index in [4.69, 9.17) is 0 Å². The fourth-order valence-electron chi connectivity index (χ4n) is 3.69. The van der Waals surface area contributed by atoms with Gasteiger partial charge in [-0.2, -0.15) is 22.1 Å². The zero-order valence-electron chi connectivity index (χ0n) is 13.7. The molecule has 0 N–H and O–H groups in total. The van der Waals surface area contributed by atoms with Crippen molar-refractivity contribution in [2.75, 3.05) is 26.2 Å². The highest BCUT2D eigenvalue weighted by molar-refractivity contribution is 7.86. The SMILES string of the molecule is Cn1cc([C@H]2CN(S(=O)(=O)N3CCCCC3)CC2(C)C)cn1. The Morgan fingerprint density at radius 1 is 1.18 bits per heavy atom. The highest BCUT2D eigenvalue weighted by Gasteiger charge is 2.46. The topological polar surface area (TPSA) is 58.4 Å². The molecule has 1 atom stereocenters. The third kappa shape index (κ3) is 2.81. The van der Waals surface area contributed by atoms with E-state index in [1.165, 1.54) is 0 Å². The molecule has 2 aliphatic heterocycles. The summed E-state index contributed by atoms with van der Waals surface area (Å²) in [6, 6.07) is 0. The van der Waals surface area contributed by atoms with Crippen molar-refractivity contribution >= 4 is 10.2 Å². The first kappa shape index (κ1) is 16.0. The molecule has 3 heterocycles. The van der Waals surface area contributed by atoms with Crippen LogP contribution in [0.15, 0.2) is 12.4 Å². The van der Waals surface area contributed by atoms with Crippen LogP contribution >= 0.6 is 0 Å². The number of piperidine rings is 1. The predicted octanol–water partition coefficient (Wildman–Crippen LogP) is 1.58. The minimum atomic E-state index is -3.33. The Labute approximate surface area is 133 Å². The molecule has 22 heavy (non-hydrogen) atoms. The van der Waals surface area contributed by atoms with Crippen LogP contribution in [0.4, 0.5) is 0 Å². The number of nitrogens with zero attached hydrogens (tertiary/aromatic N) is 4. The molecule has 0 aliphatic carbocycles. The second kappa shape index (κ2) is 5.62. The van der Waals surface area contributed by atoms with Crippen LogP contribution in [0.5, 0.6) is 0 Å². The molecule has 2 fully saturated rings. The molecule has 2 saturated heterocycles. The molecule has 124 valence electrons. The molecular weight excluding hydrogens is 300 g/mol. The lowest BCUT2D eigenvalue weighted by atomic mass is 9.79. The first-order valence-electron chi connectivity index (χ1n) is 8.04. The van der Waals surface area contributed by atoms with Crippen molar-refractivity contribution in [3.8, 4) is 0 Å². The van der Waals surface area contributed by atoms with Crippen LogP contribution in [-0.2, 0) is 17.3 Å². The fourth-order valence-corrected chi connectivity index (χ4v) is 5.57. The van der Waals surface area contributed by atoms with Crippen molar-refractivity contribution in [2.45, 2.75) is 39.0 Å². The molecule has 0 bridgehead atoms. The van der Waals surface area contributed by atoms with E-state index < -0.39 is 10.2 Å². The van der Waals surface area contributed by atoms with Gasteiger partial charge in [0.2, 0.25) is 0 Å². The van der Waals surface area contributed by atoms with Gasteiger partial charge in [-0.1, -0.05) is 20.3 Å². The van der Waals surface area contributed by atoms with Crippen LogP contribution in [0, 0.1) is 5.41 Å². The number of aromatic nitrogens is 2. The normalized spacial score (nSPS) is 27.3. The maximum absolute atomic E-state index is 12.9. The monoisotopic (exact) mass is 326 g/mol. The van der Waals surface area contributed by atoms with Gasteiger partial charge in [-0.15, -0.1) is 0 Å². The molecule has 3 rings (SSSR count). The zero-order chi connectivity index (χ0) is 16.0. The van der Waals surface area contributed by atoms with E-state index in [0.717, 1.165) is 24.8 Å². The fraction of sp³-hybridized carbons (Fsp3) is 0.800. The number of aryl methyl sites for hydroxylation is 1. The Morgan fingerprint density at radius 3 is 2.45 bits per heavy atom. The average Bonchev–Trinajstić information content (AvgIpc) is 3.03. The Balaban J connectivity index is 1.82. The van der Waals surface area contributed by atoms with E-state index in [2.05, 4.69) is 18.9 Å². The van der Waals surface area contributed by atoms with Crippen LogP contribution in [0.25, 0.3) is 0 Å². The molecule has 0 amide bonds. The quantitative estimate of drug-likeness (QED) is 0.847. The van der Waals surface area contributed by atoms with Gasteiger partial charge in [0.1, 0.15) is 0 Å². The molecule has 1 aromatic heterocycles. The molecule has 6 nitrogen and oxygen atoms in total. The molecule has 0 radical (unpaired) electrons. The van der Waals surface area contributed by atoms with Crippen molar-refractivity contribution in [2.24, 2.45) is 12.5 Å². The van der Waals surface area contributed by atoms with Gasteiger partial charge in [0.05, 0.1) is 6.20 Å². The minimum Gasteiger partial charge on any atom is -0.276 e. The van der Waals surface area contributed by atoms with E-state index >= 15 is 0 Å². The molecule has 2 aliphatic rings. The van der Waals surface area contributed by atoms with Crippen molar-refractivity contribution < 1.29 is 8.42 Å². The highest BCUT2D eigenvalue weighted by Crippen LogP contribution is 2.43. The number of rotatable bonds is 3. The summed E-state index contributed by atoms with van der Waals surface area (Å²) < 4.78 is 30.9. The van der Waals surface area contributed by atoms with Gasteiger partial charge in [0.25, 0.3) is 10.2 Å². The van der Waals surface area contributed by atoms with E-state index in [0.29, 0.717) is 26.2 Å². The predicted molar refractivity (Wildman–Crippen MR) is 85.6 cm³/mol. The smallest absolute Gasteiger partial charge is 0.276 e. The molecule has 7 heteroatoms. The zero-order valence-corrected chi connectivity index (χ0v) is 14.5. The summed E-state index contributed by atoms with van der Waals surface area (Å²) in [7, 11) is -1.43. The summed E-state index contributed by atoms with van der Waals surface area (Å²) in [5.41, 5.74) is 1.05. The molecule has 0 saturated carbocycles. The summed E-state index contributed by atoms with van der Waals surface area (Å²) in [6.45, 7) is 6.75. The second-order valence-electron chi connectivity index (χ2n) is 7.25. The summed E-state index contributed by atoms with van der Waals surface area (Å²) in [6.07, 6.45) is 6.95. The van der Waals surface area contributed by atoms with Gasteiger partial charge in [0.15, 0.2) is 0 Å². The molecule has 0 aromatic carbocycles. The summed E-state index contributed by atoms with van der Waals surface area (Å²) in [5.74, 6) is 0.195. The summed E-state index contributed by atoms with van der Waals surface area (Å²) >= 11 is 0. The summed E-state index contributed by atoms with van der Waals surface area (Å²) in [5, 5.41) is 4.24. The summed E-state index contributed by atoms with van der Waals surface area (Å²) in [4.78, 5) is 0. The van der Waals surface area contributed by atoms with Crippen LogP contribution in [0.2, 0.25) is 0 Å². The first-order valence-corrected chi connectivity index (χ1v) is 9.44. The average molecular weight is 326 g/mol. The molecule has 1 aromatic rings. The third-order valence-corrected chi connectivity index (χ3v) is 6.96. The molecule has 0 unspecified atom stereocenters. The van der Waals surface area contributed by atoms with Crippen LogP contribution in [-0.4, -0.2) is 53.0 Å². The lowest BCUT2D eigenvalue weighted by Crippen LogP contribution is -2.45. The van der Waals surface area contributed by atoms with E-state index in [9.17, 15) is 8.42 Å². The van der Waals surface area contributed by atoms with Gasteiger partial charge < -0.3 is 0 Å². The Bertz CT molecular complexity index is 632. The van der Waals surface area contributed by atoms with Gasteiger partial charge in [-0.3, -0.25) is 4.68 Å². The Kier molecular flexibility index (Phi) is 4.07. The first-order chi connectivity index (χ1) is 10.3. The van der Waals surface area contributed by atoms with E-state index in [-0.39, 0.29) is 11.3 Å². The largest absolute Gasteiger partial charge is 0.282 e. The maximum atomic E-state index is 12.9. The molecule has 0 spiro atoms. The van der Waals surface area contributed by atoms with Crippen molar-refractivity contribution in [3.63, 3.8) is 0 Å². The van der Waals surface area contributed by atoms with Gasteiger partial charge in [0, 0.05) is 45.3 Å². The van der Waals surface area contributed by atoms with Gasteiger partial charge in [-0.25, -0.2) is 0 Å². The van der Waals surface area contributed by atoms with E-state index in [1.54, 1.807) is 13.3 Å². The van der Waals surface area contributed by atoms with Gasteiger partial charge >= 0.3 is 0 Å². The Morgan fingerprint density at radius 2 is 1.86 bits per heavy atom. The maximum Gasteiger partial charge on any atom is 0.282 e. The third-order valence-electron chi connectivity index (χ3n) is 5.01. The van der Waals surface area contributed by atoms with Crippen LogP contribution < -0.4 is 0 Å². The number of hydrogen-bond donors (Lipinski definition) is 0. The van der Waals surface area contributed by atoms with E-state index in [1.807, 2.05) is 19.4 Å².